The van der Waals surface area contributed by atoms with E-state index in [4.69, 9.17) is 0 Å². The lowest BCUT2D eigenvalue weighted by molar-refractivity contribution is 0.458. The number of sulfonamides is 1. The first-order chi connectivity index (χ1) is 7.00. The first-order valence-corrected chi connectivity index (χ1v) is 6.29. The van der Waals surface area contributed by atoms with Gasteiger partial charge in [-0.25, -0.2) is 13.1 Å². The van der Waals surface area contributed by atoms with E-state index in [0.29, 0.717) is 5.92 Å². The maximum absolute atomic E-state index is 11.8. The molecular weight excluding hydrogens is 214 g/mol. The van der Waals surface area contributed by atoms with E-state index in [1.165, 1.54) is 12.1 Å². The number of benzene rings is 1. The van der Waals surface area contributed by atoms with Gasteiger partial charge < -0.3 is 5.11 Å². The Hall–Kier alpha value is -1.07. The Labute approximate surface area is 89.0 Å². The molecule has 0 radical (unpaired) electrons. The summed E-state index contributed by atoms with van der Waals surface area (Å²) in [7, 11) is -3.56. The van der Waals surface area contributed by atoms with Crippen molar-refractivity contribution in [2.24, 2.45) is 5.92 Å². The quantitative estimate of drug-likeness (QED) is 0.812. The molecule has 1 fully saturated rings. The zero-order valence-electron chi connectivity index (χ0n) is 8.34. The number of hydrogen-bond donors (Lipinski definition) is 2. The summed E-state index contributed by atoms with van der Waals surface area (Å²) >= 11 is 0. The van der Waals surface area contributed by atoms with Gasteiger partial charge in [0.1, 0.15) is 10.6 Å². The normalized spacial score (nSPS) is 25.1. The monoisotopic (exact) mass is 227 g/mol. The van der Waals surface area contributed by atoms with Crippen LogP contribution in [-0.2, 0) is 10.0 Å². The third kappa shape index (κ3) is 2.13. The molecular formula is C10H13NO3S. The SMILES string of the molecule is CC1CC1NS(=O)(=O)c1ccccc1O. The summed E-state index contributed by atoms with van der Waals surface area (Å²) in [5, 5.41) is 9.43. The fourth-order valence-electron chi connectivity index (χ4n) is 1.43. The smallest absolute Gasteiger partial charge is 0.244 e. The molecule has 0 spiro atoms. The van der Waals surface area contributed by atoms with Crippen molar-refractivity contribution in [1.29, 1.82) is 0 Å². The molecule has 1 saturated carbocycles. The van der Waals surface area contributed by atoms with Gasteiger partial charge in [-0.15, -0.1) is 0 Å². The van der Waals surface area contributed by atoms with Crippen LogP contribution in [0.4, 0.5) is 0 Å². The maximum Gasteiger partial charge on any atom is 0.244 e. The Kier molecular flexibility index (Phi) is 2.44. The van der Waals surface area contributed by atoms with Gasteiger partial charge in [0.25, 0.3) is 0 Å². The van der Waals surface area contributed by atoms with Gasteiger partial charge >= 0.3 is 0 Å². The van der Waals surface area contributed by atoms with Crippen LogP contribution in [0.15, 0.2) is 29.2 Å². The molecule has 2 N–H and O–H groups in total. The van der Waals surface area contributed by atoms with Crippen molar-refractivity contribution in [1.82, 2.24) is 4.72 Å². The van der Waals surface area contributed by atoms with E-state index in [-0.39, 0.29) is 16.7 Å². The van der Waals surface area contributed by atoms with Crippen LogP contribution < -0.4 is 4.72 Å². The Morgan fingerprint density at radius 2 is 2.00 bits per heavy atom. The fourth-order valence-corrected chi connectivity index (χ4v) is 2.89. The van der Waals surface area contributed by atoms with Gasteiger partial charge in [-0.2, -0.15) is 0 Å². The van der Waals surface area contributed by atoms with Gasteiger partial charge in [0, 0.05) is 6.04 Å². The zero-order chi connectivity index (χ0) is 11.1. The van der Waals surface area contributed by atoms with Crippen LogP contribution in [0.2, 0.25) is 0 Å². The van der Waals surface area contributed by atoms with Crippen molar-refractivity contribution in [2.45, 2.75) is 24.3 Å². The number of hydrogen-bond acceptors (Lipinski definition) is 3. The molecule has 2 unspecified atom stereocenters. The molecule has 1 aromatic carbocycles. The molecule has 1 aromatic rings. The second kappa shape index (κ2) is 3.50. The van der Waals surface area contributed by atoms with Crippen LogP contribution >= 0.6 is 0 Å². The summed E-state index contributed by atoms with van der Waals surface area (Å²) in [4.78, 5) is -0.0518. The van der Waals surface area contributed by atoms with E-state index >= 15 is 0 Å². The molecule has 0 aromatic heterocycles. The van der Waals surface area contributed by atoms with Crippen LogP contribution in [0.5, 0.6) is 5.75 Å². The highest BCUT2D eigenvalue weighted by Gasteiger charge is 2.36. The molecule has 0 aliphatic heterocycles. The van der Waals surface area contributed by atoms with E-state index in [1.807, 2.05) is 6.92 Å². The Morgan fingerprint density at radius 1 is 1.40 bits per heavy atom. The second-order valence-electron chi connectivity index (χ2n) is 3.91. The van der Waals surface area contributed by atoms with Crippen molar-refractivity contribution >= 4 is 10.0 Å². The summed E-state index contributed by atoms with van der Waals surface area (Å²) in [6, 6.07) is 5.96. The van der Waals surface area contributed by atoms with Crippen molar-refractivity contribution in [3.8, 4) is 5.75 Å². The Morgan fingerprint density at radius 3 is 2.53 bits per heavy atom. The van der Waals surface area contributed by atoms with Crippen LogP contribution in [-0.4, -0.2) is 19.6 Å². The molecule has 0 saturated heterocycles. The summed E-state index contributed by atoms with van der Waals surface area (Å²) in [5.41, 5.74) is 0. The maximum atomic E-state index is 11.8. The van der Waals surface area contributed by atoms with Crippen LogP contribution in [0, 0.1) is 5.92 Å². The van der Waals surface area contributed by atoms with Gasteiger partial charge in [-0.05, 0) is 24.5 Å². The standard InChI is InChI=1S/C10H13NO3S/c1-7-6-8(7)11-15(13,14)10-5-3-2-4-9(10)12/h2-5,7-8,11-12H,6H2,1H3. The Balaban J connectivity index is 2.26. The summed E-state index contributed by atoms with van der Waals surface area (Å²) in [5.74, 6) is 0.184. The minimum absolute atomic E-state index is 0.0228. The molecule has 4 nitrogen and oxygen atoms in total. The number of phenols is 1. The van der Waals surface area contributed by atoms with Crippen LogP contribution in [0.25, 0.3) is 0 Å². The van der Waals surface area contributed by atoms with Gasteiger partial charge in [0.15, 0.2) is 0 Å². The lowest BCUT2D eigenvalue weighted by Gasteiger charge is -2.06. The molecule has 1 aliphatic carbocycles. The highest BCUT2D eigenvalue weighted by Crippen LogP contribution is 2.31. The number of phenolic OH excluding ortho intramolecular Hbond substituents is 1. The number of rotatable bonds is 3. The average molecular weight is 227 g/mol. The third-order valence-electron chi connectivity index (χ3n) is 2.57. The number of aromatic hydroxyl groups is 1. The van der Waals surface area contributed by atoms with Crippen LogP contribution in [0.1, 0.15) is 13.3 Å². The minimum Gasteiger partial charge on any atom is -0.507 e. The first-order valence-electron chi connectivity index (χ1n) is 4.81. The molecule has 1 aliphatic rings. The number of nitrogens with one attached hydrogen (secondary N) is 1. The summed E-state index contributed by atoms with van der Waals surface area (Å²) in [6.07, 6.45) is 0.868. The molecule has 2 rings (SSSR count). The molecule has 5 heteroatoms. The van der Waals surface area contributed by atoms with Gasteiger partial charge in [-0.3, -0.25) is 0 Å². The van der Waals surface area contributed by atoms with E-state index < -0.39 is 10.0 Å². The molecule has 82 valence electrons. The summed E-state index contributed by atoms with van der Waals surface area (Å²) in [6.45, 7) is 1.98. The number of para-hydroxylation sites is 1. The molecule has 0 heterocycles. The van der Waals surface area contributed by atoms with E-state index in [2.05, 4.69) is 4.72 Å². The molecule has 0 amide bonds. The Bertz CT molecular complexity index is 469. The predicted molar refractivity (Wildman–Crippen MR) is 56.0 cm³/mol. The topological polar surface area (TPSA) is 66.4 Å². The van der Waals surface area contributed by atoms with Crippen molar-refractivity contribution in [3.05, 3.63) is 24.3 Å². The van der Waals surface area contributed by atoms with Crippen molar-refractivity contribution in [3.63, 3.8) is 0 Å². The zero-order valence-corrected chi connectivity index (χ0v) is 9.16. The molecule has 2 atom stereocenters. The highest BCUT2D eigenvalue weighted by molar-refractivity contribution is 7.89. The van der Waals surface area contributed by atoms with Crippen molar-refractivity contribution in [2.75, 3.05) is 0 Å². The predicted octanol–water partition coefficient (Wildman–Crippen LogP) is 1.08. The lowest BCUT2D eigenvalue weighted by atomic mass is 10.3. The minimum atomic E-state index is -3.56. The largest absolute Gasteiger partial charge is 0.507 e. The van der Waals surface area contributed by atoms with Gasteiger partial charge in [0.2, 0.25) is 10.0 Å². The first kappa shape index (κ1) is 10.4. The average Bonchev–Trinajstić information content (AvgIpc) is 2.81. The van der Waals surface area contributed by atoms with E-state index in [1.54, 1.807) is 12.1 Å². The van der Waals surface area contributed by atoms with Gasteiger partial charge in [-0.1, -0.05) is 19.1 Å². The second-order valence-corrected chi connectivity index (χ2v) is 5.59. The summed E-state index contributed by atoms with van der Waals surface area (Å²) < 4.78 is 26.1. The highest BCUT2D eigenvalue weighted by atomic mass is 32.2. The van der Waals surface area contributed by atoms with Gasteiger partial charge in [0.05, 0.1) is 0 Å². The van der Waals surface area contributed by atoms with Crippen molar-refractivity contribution < 1.29 is 13.5 Å². The molecule has 15 heavy (non-hydrogen) atoms. The third-order valence-corrected chi connectivity index (χ3v) is 4.11. The molecule has 0 bridgehead atoms. The van der Waals surface area contributed by atoms with Crippen LogP contribution in [0.3, 0.4) is 0 Å². The van der Waals surface area contributed by atoms with E-state index in [9.17, 15) is 13.5 Å². The lowest BCUT2D eigenvalue weighted by Crippen LogP contribution is -2.26. The van der Waals surface area contributed by atoms with E-state index in [0.717, 1.165) is 6.42 Å². The fraction of sp³-hybridized carbons (Fsp3) is 0.400.